The summed E-state index contributed by atoms with van der Waals surface area (Å²) in [5.74, 6) is -0.118. The molecule has 0 unspecified atom stereocenters. The molecule has 2 amide bonds. The summed E-state index contributed by atoms with van der Waals surface area (Å²) in [6.07, 6.45) is 4.73. The van der Waals surface area contributed by atoms with Gasteiger partial charge >= 0.3 is 0 Å². The van der Waals surface area contributed by atoms with Crippen molar-refractivity contribution in [3.63, 3.8) is 0 Å². The van der Waals surface area contributed by atoms with Crippen molar-refractivity contribution in [2.75, 3.05) is 5.32 Å². The van der Waals surface area contributed by atoms with Crippen molar-refractivity contribution in [2.45, 2.75) is 58.0 Å². The molecule has 6 heteroatoms. The topological polar surface area (TPSA) is 84.2 Å². The lowest BCUT2D eigenvalue weighted by molar-refractivity contribution is -0.127. The fraction of sp³-hybridized carbons (Fsp3) is 0.556. The van der Waals surface area contributed by atoms with Gasteiger partial charge in [-0.05, 0) is 30.5 Å². The summed E-state index contributed by atoms with van der Waals surface area (Å²) >= 11 is 0. The van der Waals surface area contributed by atoms with Gasteiger partial charge in [-0.15, -0.1) is 12.4 Å². The number of carbonyl (C=O) groups is 2. The van der Waals surface area contributed by atoms with Crippen LogP contribution in [0, 0.1) is 5.92 Å². The van der Waals surface area contributed by atoms with E-state index in [-0.39, 0.29) is 30.1 Å². The maximum Gasteiger partial charge on any atom is 0.240 e. The highest BCUT2D eigenvalue weighted by Gasteiger charge is 2.34. The van der Waals surface area contributed by atoms with Gasteiger partial charge in [0.15, 0.2) is 0 Å². The van der Waals surface area contributed by atoms with Gasteiger partial charge < -0.3 is 16.4 Å². The summed E-state index contributed by atoms with van der Waals surface area (Å²) in [7, 11) is 0. The summed E-state index contributed by atoms with van der Waals surface area (Å²) in [6.45, 7) is 4.16. The zero-order valence-electron chi connectivity index (χ0n) is 14.4. The van der Waals surface area contributed by atoms with E-state index in [1.165, 1.54) is 0 Å². The van der Waals surface area contributed by atoms with Crippen molar-refractivity contribution >= 4 is 29.9 Å². The van der Waals surface area contributed by atoms with Crippen LogP contribution in [0.15, 0.2) is 24.3 Å². The Morgan fingerprint density at radius 1 is 1.12 bits per heavy atom. The molecule has 5 nitrogen and oxygen atoms in total. The zero-order valence-corrected chi connectivity index (χ0v) is 15.2. The van der Waals surface area contributed by atoms with E-state index >= 15 is 0 Å². The van der Waals surface area contributed by atoms with E-state index < -0.39 is 5.54 Å². The molecular weight excluding hydrogens is 326 g/mol. The van der Waals surface area contributed by atoms with E-state index in [9.17, 15) is 9.59 Å². The standard InChI is InChI=1S/C18H27N3O2.ClH/c1-13(2)16(22)21-15-8-6-14(7-9-15)12-20-17(23)18(19)10-4-3-5-11-18;/h6-9,13H,3-5,10-12,19H2,1-2H3,(H,20,23)(H,21,22);1H. The first-order valence-electron chi connectivity index (χ1n) is 8.38. The van der Waals surface area contributed by atoms with Crippen LogP contribution in [-0.4, -0.2) is 17.4 Å². The Morgan fingerprint density at radius 2 is 1.71 bits per heavy atom. The molecule has 0 aliphatic heterocycles. The normalized spacial score (nSPS) is 16.2. The van der Waals surface area contributed by atoms with Crippen molar-refractivity contribution < 1.29 is 9.59 Å². The number of nitrogens with two attached hydrogens (primary N) is 1. The molecule has 0 bridgehead atoms. The molecule has 134 valence electrons. The smallest absolute Gasteiger partial charge is 0.240 e. The minimum atomic E-state index is -0.705. The van der Waals surface area contributed by atoms with Crippen LogP contribution in [0.1, 0.15) is 51.5 Å². The van der Waals surface area contributed by atoms with Crippen LogP contribution in [0.5, 0.6) is 0 Å². The first kappa shape index (κ1) is 20.5. The second kappa shape index (κ2) is 9.04. The van der Waals surface area contributed by atoms with Gasteiger partial charge in [0, 0.05) is 18.2 Å². The van der Waals surface area contributed by atoms with Crippen molar-refractivity contribution in [3.8, 4) is 0 Å². The predicted octanol–water partition coefficient (Wildman–Crippen LogP) is 2.98. The Bertz CT molecular complexity index is 552. The maximum atomic E-state index is 12.3. The molecule has 4 N–H and O–H groups in total. The van der Waals surface area contributed by atoms with Crippen molar-refractivity contribution in [1.82, 2.24) is 5.32 Å². The van der Waals surface area contributed by atoms with Gasteiger partial charge in [-0.2, -0.15) is 0 Å². The minimum absolute atomic E-state index is 0. The molecule has 2 rings (SSSR count). The number of carbonyl (C=O) groups excluding carboxylic acids is 2. The second-order valence-corrected chi connectivity index (χ2v) is 6.74. The Labute approximate surface area is 150 Å². The molecular formula is C18H28ClN3O2. The molecule has 0 atom stereocenters. The van der Waals surface area contributed by atoms with Crippen LogP contribution in [0.25, 0.3) is 0 Å². The monoisotopic (exact) mass is 353 g/mol. The van der Waals surface area contributed by atoms with Gasteiger partial charge in [-0.25, -0.2) is 0 Å². The molecule has 1 aliphatic carbocycles. The van der Waals surface area contributed by atoms with Crippen molar-refractivity contribution in [2.24, 2.45) is 11.7 Å². The first-order valence-corrected chi connectivity index (χ1v) is 8.38. The van der Waals surface area contributed by atoms with Crippen LogP contribution in [0.4, 0.5) is 5.69 Å². The molecule has 0 heterocycles. The number of nitrogens with one attached hydrogen (secondary N) is 2. The molecule has 0 radical (unpaired) electrons. The quantitative estimate of drug-likeness (QED) is 0.760. The fourth-order valence-corrected chi connectivity index (χ4v) is 2.76. The van der Waals surface area contributed by atoms with E-state index in [2.05, 4.69) is 10.6 Å². The molecule has 1 aromatic rings. The van der Waals surface area contributed by atoms with Crippen LogP contribution in [0.3, 0.4) is 0 Å². The Kier molecular flexibility index (Phi) is 7.70. The Balaban J connectivity index is 0.00000288. The molecule has 1 saturated carbocycles. The maximum absolute atomic E-state index is 12.3. The van der Waals surface area contributed by atoms with Gasteiger partial charge in [-0.1, -0.05) is 45.2 Å². The van der Waals surface area contributed by atoms with E-state index in [1.807, 2.05) is 38.1 Å². The van der Waals surface area contributed by atoms with Crippen LogP contribution >= 0.6 is 12.4 Å². The van der Waals surface area contributed by atoms with Crippen LogP contribution < -0.4 is 16.4 Å². The number of hydrogen-bond acceptors (Lipinski definition) is 3. The van der Waals surface area contributed by atoms with Gasteiger partial charge in [-0.3, -0.25) is 9.59 Å². The SMILES string of the molecule is CC(C)C(=O)Nc1ccc(CNC(=O)C2(N)CCCCC2)cc1.Cl. The summed E-state index contributed by atoms with van der Waals surface area (Å²) in [5.41, 5.74) is 7.26. The Morgan fingerprint density at radius 3 is 2.25 bits per heavy atom. The number of anilines is 1. The van der Waals surface area contributed by atoms with Crippen LogP contribution in [0.2, 0.25) is 0 Å². The van der Waals surface area contributed by atoms with E-state index in [0.717, 1.165) is 43.4 Å². The first-order chi connectivity index (χ1) is 10.9. The van der Waals surface area contributed by atoms with Gasteiger partial charge in [0.2, 0.25) is 11.8 Å². The van der Waals surface area contributed by atoms with Gasteiger partial charge in [0.1, 0.15) is 0 Å². The number of rotatable bonds is 5. The molecule has 1 fully saturated rings. The van der Waals surface area contributed by atoms with Gasteiger partial charge in [0.25, 0.3) is 0 Å². The molecule has 0 spiro atoms. The average Bonchev–Trinajstić information content (AvgIpc) is 2.54. The fourth-order valence-electron chi connectivity index (χ4n) is 2.76. The highest BCUT2D eigenvalue weighted by Crippen LogP contribution is 2.26. The summed E-state index contributed by atoms with van der Waals surface area (Å²) in [6, 6.07) is 7.50. The number of halogens is 1. The molecule has 1 aliphatic rings. The highest BCUT2D eigenvalue weighted by atomic mass is 35.5. The Hall–Kier alpha value is -1.59. The summed E-state index contributed by atoms with van der Waals surface area (Å²) in [4.78, 5) is 23.9. The second-order valence-electron chi connectivity index (χ2n) is 6.74. The molecule has 0 saturated heterocycles. The largest absolute Gasteiger partial charge is 0.350 e. The van der Waals surface area contributed by atoms with Crippen molar-refractivity contribution in [1.29, 1.82) is 0 Å². The molecule has 24 heavy (non-hydrogen) atoms. The third kappa shape index (κ3) is 5.49. The van der Waals surface area contributed by atoms with E-state index in [0.29, 0.717) is 6.54 Å². The summed E-state index contributed by atoms with van der Waals surface area (Å²) in [5, 5.41) is 5.78. The number of hydrogen-bond donors (Lipinski definition) is 3. The third-order valence-corrected chi connectivity index (χ3v) is 4.40. The van der Waals surface area contributed by atoms with Crippen LogP contribution in [-0.2, 0) is 16.1 Å². The zero-order chi connectivity index (χ0) is 16.9. The number of amides is 2. The predicted molar refractivity (Wildman–Crippen MR) is 99.0 cm³/mol. The lowest BCUT2D eigenvalue weighted by Crippen LogP contribution is -2.54. The molecule has 1 aromatic carbocycles. The third-order valence-electron chi connectivity index (χ3n) is 4.40. The van der Waals surface area contributed by atoms with E-state index in [4.69, 9.17) is 5.73 Å². The minimum Gasteiger partial charge on any atom is -0.350 e. The lowest BCUT2D eigenvalue weighted by atomic mass is 9.82. The van der Waals surface area contributed by atoms with E-state index in [1.54, 1.807) is 0 Å². The highest BCUT2D eigenvalue weighted by molar-refractivity contribution is 5.92. The lowest BCUT2D eigenvalue weighted by Gasteiger charge is -2.31. The van der Waals surface area contributed by atoms with Crippen molar-refractivity contribution in [3.05, 3.63) is 29.8 Å². The molecule has 0 aromatic heterocycles. The van der Waals surface area contributed by atoms with Gasteiger partial charge in [0.05, 0.1) is 5.54 Å². The number of benzene rings is 1. The summed E-state index contributed by atoms with van der Waals surface area (Å²) < 4.78 is 0. The average molecular weight is 354 g/mol.